The van der Waals surface area contributed by atoms with Crippen LogP contribution in [0.15, 0.2) is 0 Å². The SMILES string of the molecule is CC(O)C(O)CNC(C)S(=O)(=O)O. The molecule has 0 aliphatic heterocycles. The summed E-state index contributed by atoms with van der Waals surface area (Å²) in [6.07, 6.45) is -2.00. The molecular weight excluding hydrogens is 198 g/mol. The summed E-state index contributed by atoms with van der Waals surface area (Å²) in [6, 6.07) is 0. The Kier molecular flexibility index (Phi) is 4.79. The van der Waals surface area contributed by atoms with E-state index in [0.29, 0.717) is 0 Å². The van der Waals surface area contributed by atoms with Gasteiger partial charge in [0.05, 0.1) is 12.2 Å². The summed E-state index contributed by atoms with van der Waals surface area (Å²) < 4.78 is 29.4. The molecule has 0 radical (unpaired) electrons. The molecule has 0 saturated heterocycles. The van der Waals surface area contributed by atoms with Crippen molar-refractivity contribution in [3.63, 3.8) is 0 Å². The Bertz CT molecular complexity index is 237. The quantitative estimate of drug-likeness (QED) is 0.416. The zero-order valence-electron chi connectivity index (χ0n) is 7.51. The second-order valence-corrected chi connectivity index (χ2v) is 4.61. The van der Waals surface area contributed by atoms with Crippen LogP contribution in [0.2, 0.25) is 0 Å². The summed E-state index contributed by atoms with van der Waals surface area (Å²) in [5.41, 5.74) is 0. The Labute approximate surface area is 77.3 Å². The van der Waals surface area contributed by atoms with Gasteiger partial charge in [-0.3, -0.25) is 9.87 Å². The van der Waals surface area contributed by atoms with E-state index in [2.05, 4.69) is 5.32 Å². The van der Waals surface area contributed by atoms with Crippen LogP contribution in [-0.4, -0.2) is 47.3 Å². The van der Waals surface area contributed by atoms with Crippen LogP contribution in [0.25, 0.3) is 0 Å². The van der Waals surface area contributed by atoms with E-state index in [1.165, 1.54) is 13.8 Å². The van der Waals surface area contributed by atoms with E-state index < -0.39 is 27.7 Å². The molecule has 0 heterocycles. The predicted octanol–water partition coefficient (Wildman–Crippen LogP) is -1.45. The Morgan fingerprint density at radius 1 is 1.31 bits per heavy atom. The van der Waals surface area contributed by atoms with Gasteiger partial charge in [0.1, 0.15) is 5.37 Å². The molecule has 0 aromatic carbocycles. The highest BCUT2D eigenvalue weighted by Crippen LogP contribution is 1.95. The molecule has 0 aliphatic rings. The lowest BCUT2D eigenvalue weighted by Gasteiger charge is -2.16. The monoisotopic (exact) mass is 213 g/mol. The standard InChI is InChI=1S/C6H15NO5S/c1-4(8)6(9)3-7-5(2)13(10,11)12/h4-9H,3H2,1-2H3,(H,10,11,12). The van der Waals surface area contributed by atoms with E-state index in [9.17, 15) is 8.42 Å². The maximum absolute atomic E-state index is 10.5. The van der Waals surface area contributed by atoms with Gasteiger partial charge < -0.3 is 10.2 Å². The van der Waals surface area contributed by atoms with Crippen molar-refractivity contribution in [2.45, 2.75) is 31.4 Å². The molecule has 0 bridgehead atoms. The van der Waals surface area contributed by atoms with Crippen molar-refractivity contribution in [2.75, 3.05) is 6.54 Å². The van der Waals surface area contributed by atoms with Gasteiger partial charge in [0, 0.05) is 6.54 Å². The third kappa shape index (κ3) is 5.17. The fourth-order valence-corrected chi connectivity index (χ4v) is 0.869. The van der Waals surface area contributed by atoms with E-state index >= 15 is 0 Å². The fraction of sp³-hybridized carbons (Fsp3) is 1.00. The Morgan fingerprint density at radius 3 is 2.08 bits per heavy atom. The zero-order chi connectivity index (χ0) is 10.6. The highest BCUT2D eigenvalue weighted by molar-refractivity contribution is 7.86. The maximum Gasteiger partial charge on any atom is 0.280 e. The van der Waals surface area contributed by atoms with E-state index in [1.807, 2.05) is 0 Å². The van der Waals surface area contributed by atoms with Gasteiger partial charge in [-0.15, -0.1) is 0 Å². The third-order valence-corrected chi connectivity index (χ3v) is 2.68. The summed E-state index contributed by atoms with van der Waals surface area (Å²) in [7, 11) is -4.13. The molecular formula is C6H15NO5S. The second kappa shape index (κ2) is 4.87. The number of aliphatic hydroxyl groups is 2. The molecule has 3 unspecified atom stereocenters. The molecule has 4 N–H and O–H groups in total. The number of hydrogen-bond donors (Lipinski definition) is 4. The Morgan fingerprint density at radius 2 is 1.77 bits per heavy atom. The van der Waals surface area contributed by atoms with Crippen molar-refractivity contribution >= 4 is 10.1 Å². The largest absolute Gasteiger partial charge is 0.391 e. The van der Waals surface area contributed by atoms with E-state index in [4.69, 9.17) is 14.8 Å². The predicted molar refractivity (Wildman–Crippen MR) is 46.7 cm³/mol. The van der Waals surface area contributed by atoms with Gasteiger partial charge in [-0.25, -0.2) is 0 Å². The minimum atomic E-state index is -4.13. The first-order valence-corrected chi connectivity index (χ1v) is 5.31. The van der Waals surface area contributed by atoms with Crippen molar-refractivity contribution in [3.8, 4) is 0 Å². The van der Waals surface area contributed by atoms with Gasteiger partial charge in [-0.1, -0.05) is 0 Å². The summed E-state index contributed by atoms with van der Waals surface area (Å²) >= 11 is 0. The highest BCUT2D eigenvalue weighted by Gasteiger charge is 2.19. The smallest absolute Gasteiger partial charge is 0.280 e. The summed E-state index contributed by atoms with van der Waals surface area (Å²) in [4.78, 5) is 0. The minimum absolute atomic E-state index is 0.0986. The number of aliphatic hydroxyl groups excluding tert-OH is 2. The topological polar surface area (TPSA) is 107 Å². The average Bonchev–Trinajstić information content (AvgIpc) is 1.97. The Balaban J connectivity index is 3.91. The van der Waals surface area contributed by atoms with Crippen molar-refractivity contribution in [2.24, 2.45) is 0 Å². The average molecular weight is 213 g/mol. The van der Waals surface area contributed by atoms with Crippen LogP contribution in [0.3, 0.4) is 0 Å². The molecule has 80 valence electrons. The minimum Gasteiger partial charge on any atom is -0.391 e. The first-order chi connectivity index (χ1) is 5.75. The third-order valence-electron chi connectivity index (χ3n) is 1.62. The number of hydrogen-bond acceptors (Lipinski definition) is 5. The van der Waals surface area contributed by atoms with Crippen molar-refractivity contribution in [3.05, 3.63) is 0 Å². The second-order valence-electron chi connectivity index (χ2n) is 2.87. The molecule has 7 heteroatoms. The molecule has 0 aliphatic carbocycles. The highest BCUT2D eigenvalue weighted by atomic mass is 32.2. The fourth-order valence-electron chi connectivity index (χ4n) is 0.563. The summed E-state index contributed by atoms with van der Waals surface area (Å²) in [6.45, 7) is 2.52. The van der Waals surface area contributed by atoms with Gasteiger partial charge in [-0.2, -0.15) is 8.42 Å². The van der Waals surface area contributed by atoms with Crippen LogP contribution in [0.4, 0.5) is 0 Å². The molecule has 0 rings (SSSR count). The molecule has 6 nitrogen and oxygen atoms in total. The molecule has 0 fully saturated rings. The molecule has 3 atom stereocenters. The maximum atomic E-state index is 10.5. The first-order valence-electron chi connectivity index (χ1n) is 3.81. The number of rotatable bonds is 5. The van der Waals surface area contributed by atoms with E-state index in [1.54, 1.807) is 0 Å². The molecule has 0 spiro atoms. The lowest BCUT2D eigenvalue weighted by molar-refractivity contribution is 0.0316. The van der Waals surface area contributed by atoms with Crippen molar-refractivity contribution < 1.29 is 23.2 Å². The van der Waals surface area contributed by atoms with Crippen LogP contribution < -0.4 is 5.32 Å². The zero-order valence-corrected chi connectivity index (χ0v) is 8.32. The van der Waals surface area contributed by atoms with Gasteiger partial charge in [0.15, 0.2) is 0 Å². The van der Waals surface area contributed by atoms with Gasteiger partial charge in [0.25, 0.3) is 10.1 Å². The first kappa shape index (κ1) is 12.8. The van der Waals surface area contributed by atoms with Crippen molar-refractivity contribution in [1.29, 1.82) is 0 Å². The van der Waals surface area contributed by atoms with Gasteiger partial charge >= 0.3 is 0 Å². The molecule has 13 heavy (non-hydrogen) atoms. The van der Waals surface area contributed by atoms with Crippen molar-refractivity contribution in [1.82, 2.24) is 5.32 Å². The molecule has 0 aromatic heterocycles. The van der Waals surface area contributed by atoms with Crippen LogP contribution in [-0.2, 0) is 10.1 Å². The van der Waals surface area contributed by atoms with E-state index in [-0.39, 0.29) is 6.54 Å². The van der Waals surface area contributed by atoms with Gasteiger partial charge in [0.2, 0.25) is 0 Å². The van der Waals surface area contributed by atoms with Gasteiger partial charge in [-0.05, 0) is 13.8 Å². The molecule has 0 aromatic rings. The van der Waals surface area contributed by atoms with Crippen LogP contribution >= 0.6 is 0 Å². The van der Waals surface area contributed by atoms with Crippen LogP contribution in [0.1, 0.15) is 13.8 Å². The normalized spacial score (nSPS) is 19.5. The molecule has 0 amide bonds. The lowest BCUT2D eigenvalue weighted by atomic mass is 10.2. The van der Waals surface area contributed by atoms with E-state index in [0.717, 1.165) is 0 Å². The molecule has 0 saturated carbocycles. The van der Waals surface area contributed by atoms with Crippen LogP contribution in [0, 0.1) is 0 Å². The number of nitrogens with one attached hydrogen (secondary N) is 1. The van der Waals surface area contributed by atoms with Crippen LogP contribution in [0.5, 0.6) is 0 Å². The lowest BCUT2D eigenvalue weighted by Crippen LogP contribution is -2.41. The summed E-state index contributed by atoms with van der Waals surface area (Å²) in [5.74, 6) is 0. The Hall–Kier alpha value is -0.210. The summed E-state index contributed by atoms with van der Waals surface area (Å²) in [5, 5.41) is 19.1.